The molecule has 14 aromatic rings. The second kappa shape index (κ2) is 13.1. The molecule has 1 aliphatic rings. The van der Waals surface area contributed by atoms with Gasteiger partial charge in [-0.2, -0.15) is 0 Å². The first kappa shape index (κ1) is 35.7. The number of benzene rings is 10. The summed E-state index contributed by atoms with van der Waals surface area (Å²) >= 11 is 3.81. The van der Waals surface area contributed by atoms with Crippen LogP contribution >= 0.6 is 22.7 Å². The van der Waals surface area contributed by atoms with E-state index in [1.54, 1.807) is 0 Å². The average Bonchev–Trinajstić information content (AvgIpc) is 4.17. The highest BCUT2D eigenvalue weighted by Crippen LogP contribution is 2.56. The quantitative estimate of drug-likeness (QED) is 0.167. The van der Waals surface area contributed by atoms with E-state index in [0.717, 1.165) is 11.4 Å². The molecule has 1 aliphatic carbocycles. The van der Waals surface area contributed by atoms with Crippen molar-refractivity contribution < 1.29 is 0 Å². The lowest BCUT2D eigenvalue weighted by molar-refractivity contribution is 0.767. The van der Waals surface area contributed by atoms with Crippen LogP contribution in [0.25, 0.3) is 106 Å². The van der Waals surface area contributed by atoms with Crippen molar-refractivity contribution >= 4 is 107 Å². The number of hydrogen-bond donors (Lipinski definition) is 0. The maximum absolute atomic E-state index is 2.47. The van der Waals surface area contributed by atoms with Crippen LogP contribution in [0.1, 0.15) is 22.3 Å². The van der Waals surface area contributed by atoms with Crippen LogP contribution in [0.5, 0.6) is 0 Å². The zero-order valence-corrected chi connectivity index (χ0v) is 36.6. The Labute approximate surface area is 382 Å². The lowest BCUT2D eigenvalue weighted by Gasteiger charge is -2.34. The Hall–Kier alpha value is -7.76. The van der Waals surface area contributed by atoms with Gasteiger partial charge in [-0.3, -0.25) is 0 Å². The molecule has 0 N–H and O–H groups in total. The predicted octanol–water partition coefficient (Wildman–Crippen LogP) is 17.0. The van der Waals surface area contributed by atoms with E-state index >= 15 is 0 Å². The minimum atomic E-state index is -0.529. The number of para-hydroxylation sites is 2. The van der Waals surface area contributed by atoms with Crippen LogP contribution in [-0.2, 0) is 5.41 Å². The second-order valence-corrected chi connectivity index (χ2v) is 19.6. The second-order valence-electron chi connectivity index (χ2n) is 17.5. The van der Waals surface area contributed by atoms with E-state index in [-0.39, 0.29) is 0 Å². The molecule has 0 fully saturated rings. The van der Waals surface area contributed by atoms with E-state index in [2.05, 4.69) is 228 Å². The van der Waals surface area contributed by atoms with Gasteiger partial charge in [-0.05, 0) is 94.0 Å². The highest BCUT2D eigenvalue weighted by molar-refractivity contribution is 7.27. The highest BCUT2D eigenvalue weighted by atomic mass is 32.1. The van der Waals surface area contributed by atoms with E-state index in [1.165, 1.54) is 117 Å². The Morgan fingerprint density at radius 3 is 1.14 bits per heavy atom. The SMILES string of the molecule is c1ccc2c(c1)-c1ccccc1C2(c1ccc(-n2c3ccccc3c3c4sc5ccccc5c4ccc32)cc1)c1ccc(-n2c3ccccc3c3c4sc5ccccc5c4ccc32)cc1. The van der Waals surface area contributed by atoms with E-state index in [0.29, 0.717) is 0 Å². The first-order chi connectivity index (χ1) is 32.3. The minimum Gasteiger partial charge on any atom is -0.309 e. The molecule has 302 valence electrons. The molecule has 2 nitrogen and oxygen atoms in total. The fraction of sp³-hybridized carbons (Fsp3) is 0.0164. The van der Waals surface area contributed by atoms with Gasteiger partial charge in [0.25, 0.3) is 0 Å². The zero-order valence-electron chi connectivity index (χ0n) is 35.0. The van der Waals surface area contributed by atoms with Gasteiger partial charge >= 0.3 is 0 Å². The van der Waals surface area contributed by atoms with Crippen LogP contribution < -0.4 is 0 Å². The topological polar surface area (TPSA) is 9.86 Å². The Balaban J connectivity index is 0.930. The number of aromatic nitrogens is 2. The normalized spacial score (nSPS) is 13.4. The summed E-state index contributed by atoms with van der Waals surface area (Å²) in [5.74, 6) is 0. The van der Waals surface area contributed by atoms with Crippen LogP contribution in [-0.4, -0.2) is 9.13 Å². The standard InChI is InChI=1S/C61H36N2S2/c1-7-19-49-41(13-1)42-14-2-8-20-50(42)61(49,37-25-29-39(30-26-37)62-51-21-9-3-17-47(51)57-53(62)35-33-45-43-15-5-11-23-55(43)64-59(45)57)38-27-31-40(32-28-38)63-52-22-10-4-18-48(52)58-54(63)36-34-46-44-16-6-12-24-56(44)65-60(46)58/h1-36H. The molecule has 0 atom stereocenters. The van der Waals surface area contributed by atoms with Crippen LogP contribution in [0.2, 0.25) is 0 Å². The average molecular weight is 861 g/mol. The van der Waals surface area contributed by atoms with Gasteiger partial charge in [-0.25, -0.2) is 0 Å². The molecular formula is C61H36N2S2. The molecule has 0 unspecified atom stereocenters. The molecule has 65 heavy (non-hydrogen) atoms. The summed E-state index contributed by atoms with van der Waals surface area (Å²) in [6.45, 7) is 0. The molecule has 0 saturated heterocycles. The van der Waals surface area contributed by atoms with E-state index in [4.69, 9.17) is 0 Å². The summed E-state index contributed by atoms with van der Waals surface area (Å²) in [7, 11) is 0. The van der Waals surface area contributed by atoms with Crippen molar-refractivity contribution in [2.45, 2.75) is 5.41 Å². The van der Waals surface area contributed by atoms with Crippen molar-refractivity contribution in [3.63, 3.8) is 0 Å². The van der Waals surface area contributed by atoms with E-state index in [9.17, 15) is 0 Å². The number of hydrogen-bond acceptors (Lipinski definition) is 2. The fourth-order valence-electron chi connectivity index (χ4n) is 11.8. The van der Waals surface area contributed by atoms with Gasteiger partial charge in [-0.15, -0.1) is 22.7 Å². The monoisotopic (exact) mass is 860 g/mol. The largest absolute Gasteiger partial charge is 0.309 e. The first-order valence-corrected chi connectivity index (χ1v) is 24.0. The van der Waals surface area contributed by atoms with Gasteiger partial charge < -0.3 is 9.13 Å². The summed E-state index contributed by atoms with van der Waals surface area (Å²) in [5, 5.41) is 10.5. The smallest absolute Gasteiger partial charge is 0.0713 e. The maximum Gasteiger partial charge on any atom is 0.0713 e. The summed E-state index contributed by atoms with van der Waals surface area (Å²) in [4.78, 5) is 0. The lowest BCUT2D eigenvalue weighted by atomic mass is 9.67. The van der Waals surface area contributed by atoms with Crippen LogP contribution in [0.3, 0.4) is 0 Å². The Bertz CT molecular complexity index is 4010. The van der Waals surface area contributed by atoms with E-state index in [1.807, 2.05) is 22.7 Å². The fourth-order valence-corrected chi connectivity index (χ4v) is 14.3. The predicted molar refractivity (Wildman–Crippen MR) is 278 cm³/mol. The Morgan fingerprint density at radius 1 is 0.292 bits per heavy atom. The maximum atomic E-state index is 2.47. The first-order valence-electron chi connectivity index (χ1n) is 22.3. The zero-order chi connectivity index (χ0) is 42.4. The third-order valence-corrected chi connectivity index (χ3v) is 16.8. The van der Waals surface area contributed by atoms with Crippen molar-refractivity contribution in [3.8, 4) is 22.5 Å². The lowest BCUT2D eigenvalue weighted by Crippen LogP contribution is -2.28. The molecule has 15 rings (SSSR count). The van der Waals surface area contributed by atoms with Crippen LogP contribution in [0, 0.1) is 0 Å². The molecule has 0 saturated carbocycles. The highest BCUT2D eigenvalue weighted by Gasteiger charge is 2.46. The minimum absolute atomic E-state index is 0.529. The van der Waals surface area contributed by atoms with Gasteiger partial charge in [0.2, 0.25) is 0 Å². The molecule has 4 aromatic heterocycles. The molecule has 10 aromatic carbocycles. The molecule has 0 amide bonds. The van der Waals surface area contributed by atoms with Gasteiger partial charge in [-0.1, -0.05) is 158 Å². The summed E-state index contributed by atoms with van der Waals surface area (Å²) in [6, 6.07) is 81.8. The van der Waals surface area contributed by atoms with Gasteiger partial charge in [0, 0.05) is 73.3 Å². The van der Waals surface area contributed by atoms with Crippen LogP contribution in [0.4, 0.5) is 0 Å². The third kappa shape index (κ3) is 4.67. The van der Waals surface area contributed by atoms with Crippen LogP contribution in [0.15, 0.2) is 218 Å². The summed E-state index contributed by atoms with van der Waals surface area (Å²) < 4.78 is 10.3. The summed E-state index contributed by atoms with van der Waals surface area (Å²) in [5.41, 5.74) is 14.4. The Morgan fingerprint density at radius 2 is 0.677 bits per heavy atom. The van der Waals surface area contributed by atoms with Crippen molar-refractivity contribution in [2.24, 2.45) is 0 Å². The van der Waals surface area contributed by atoms with Gasteiger partial charge in [0.05, 0.1) is 27.5 Å². The molecule has 4 heterocycles. The third-order valence-electron chi connectivity index (χ3n) is 14.4. The number of nitrogens with zero attached hydrogens (tertiary/aromatic N) is 2. The Kier molecular flexibility index (Phi) is 7.22. The molecule has 0 bridgehead atoms. The molecule has 0 aliphatic heterocycles. The van der Waals surface area contributed by atoms with Gasteiger partial charge in [0.15, 0.2) is 0 Å². The molecular weight excluding hydrogens is 825 g/mol. The van der Waals surface area contributed by atoms with Crippen molar-refractivity contribution in [3.05, 3.63) is 241 Å². The van der Waals surface area contributed by atoms with E-state index < -0.39 is 5.41 Å². The van der Waals surface area contributed by atoms with Crippen molar-refractivity contribution in [1.29, 1.82) is 0 Å². The number of fused-ring (bicyclic) bond motifs is 17. The molecule has 4 heteroatoms. The number of rotatable bonds is 4. The number of thiophene rings is 2. The molecule has 0 radical (unpaired) electrons. The molecule has 0 spiro atoms. The van der Waals surface area contributed by atoms with Crippen molar-refractivity contribution in [2.75, 3.05) is 0 Å². The summed E-state index contributed by atoms with van der Waals surface area (Å²) in [6.07, 6.45) is 0. The van der Waals surface area contributed by atoms with Gasteiger partial charge in [0.1, 0.15) is 0 Å². The van der Waals surface area contributed by atoms with Crippen molar-refractivity contribution in [1.82, 2.24) is 9.13 Å².